The molecular weight excluding hydrogens is 170 g/mol. The van der Waals surface area contributed by atoms with Gasteiger partial charge in [0.2, 0.25) is 0 Å². The maximum Gasteiger partial charge on any atom is 0.116 e. The summed E-state index contributed by atoms with van der Waals surface area (Å²) in [5, 5.41) is 0. The van der Waals surface area contributed by atoms with E-state index < -0.39 is 0 Å². The number of hydrogen-bond acceptors (Lipinski definition) is 4. The van der Waals surface area contributed by atoms with Gasteiger partial charge in [-0.1, -0.05) is 0 Å². The topological polar surface area (TPSA) is 68.9 Å². The van der Waals surface area contributed by atoms with E-state index in [1.807, 2.05) is 0 Å². The number of aliphatic imine (C=N–C) groups is 1. The van der Waals surface area contributed by atoms with E-state index in [4.69, 9.17) is 15.3 Å². The molecule has 76 valence electrons. The Bertz CT molecular complexity index is 167. The smallest absolute Gasteiger partial charge is 0.116 e. The Hall–Kier alpha value is -0.650. The van der Waals surface area contributed by atoms with Crippen molar-refractivity contribution in [2.45, 2.75) is 6.42 Å². The van der Waals surface area contributed by atoms with E-state index in [9.17, 15) is 0 Å². The van der Waals surface area contributed by atoms with Crippen LogP contribution < -0.4 is 11.3 Å². The highest BCUT2D eigenvalue weighted by molar-refractivity contribution is 5.84. The van der Waals surface area contributed by atoms with E-state index in [1.54, 1.807) is 7.11 Å². The lowest BCUT2D eigenvalue weighted by molar-refractivity contribution is 0.192. The third kappa shape index (κ3) is 3.30. The zero-order chi connectivity index (χ0) is 9.52. The lowest BCUT2D eigenvalue weighted by atomic mass is 10.1. The van der Waals surface area contributed by atoms with Gasteiger partial charge in [0.1, 0.15) is 5.84 Å². The van der Waals surface area contributed by atoms with Crippen LogP contribution in [0.5, 0.6) is 0 Å². The molecule has 1 aliphatic rings. The summed E-state index contributed by atoms with van der Waals surface area (Å²) in [4.78, 5) is 4.29. The SMILES string of the molecule is COCCN=C(NN)C1CCOC1. The number of nitrogens with one attached hydrogen (secondary N) is 1. The summed E-state index contributed by atoms with van der Waals surface area (Å²) in [6.07, 6.45) is 0.996. The van der Waals surface area contributed by atoms with Gasteiger partial charge in [-0.05, 0) is 6.42 Å². The maximum atomic E-state index is 5.36. The second kappa shape index (κ2) is 5.90. The quantitative estimate of drug-likeness (QED) is 0.205. The van der Waals surface area contributed by atoms with E-state index in [-0.39, 0.29) is 0 Å². The first kappa shape index (κ1) is 10.4. The van der Waals surface area contributed by atoms with Gasteiger partial charge in [0.15, 0.2) is 0 Å². The Morgan fingerprint density at radius 2 is 2.62 bits per heavy atom. The van der Waals surface area contributed by atoms with Crippen molar-refractivity contribution in [2.75, 3.05) is 33.5 Å². The minimum Gasteiger partial charge on any atom is -0.383 e. The van der Waals surface area contributed by atoms with Crippen molar-refractivity contribution in [1.82, 2.24) is 5.43 Å². The highest BCUT2D eigenvalue weighted by Crippen LogP contribution is 2.12. The van der Waals surface area contributed by atoms with Crippen molar-refractivity contribution in [1.29, 1.82) is 0 Å². The number of hydrazine groups is 1. The van der Waals surface area contributed by atoms with Crippen LogP contribution in [-0.4, -0.2) is 39.3 Å². The van der Waals surface area contributed by atoms with Crippen molar-refractivity contribution < 1.29 is 9.47 Å². The number of nitrogens with zero attached hydrogens (tertiary/aromatic N) is 1. The normalized spacial score (nSPS) is 23.5. The highest BCUT2D eigenvalue weighted by Gasteiger charge is 2.20. The molecule has 1 rings (SSSR count). The molecular formula is C8H17N3O2. The average Bonchev–Trinajstić information content (AvgIpc) is 2.65. The number of methoxy groups -OCH3 is 1. The molecule has 0 aliphatic carbocycles. The van der Waals surface area contributed by atoms with Gasteiger partial charge in [-0.3, -0.25) is 4.99 Å². The Kier molecular flexibility index (Phi) is 4.74. The van der Waals surface area contributed by atoms with Crippen LogP contribution in [0, 0.1) is 5.92 Å². The van der Waals surface area contributed by atoms with Gasteiger partial charge >= 0.3 is 0 Å². The first-order chi connectivity index (χ1) is 6.38. The standard InChI is InChI=1S/C8H17N3O2/c1-12-5-3-10-8(11-9)7-2-4-13-6-7/h7H,2-6,9H2,1H3,(H,10,11). The fraction of sp³-hybridized carbons (Fsp3) is 0.875. The van der Waals surface area contributed by atoms with Crippen molar-refractivity contribution in [3.05, 3.63) is 0 Å². The van der Waals surface area contributed by atoms with Crippen LogP contribution in [0.4, 0.5) is 0 Å². The van der Waals surface area contributed by atoms with E-state index >= 15 is 0 Å². The van der Waals surface area contributed by atoms with E-state index in [1.165, 1.54) is 0 Å². The van der Waals surface area contributed by atoms with Crippen molar-refractivity contribution in [2.24, 2.45) is 16.8 Å². The third-order valence-corrected chi connectivity index (χ3v) is 2.04. The summed E-state index contributed by atoms with van der Waals surface area (Å²) in [5.74, 6) is 6.52. The summed E-state index contributed by atoms with van der Waals surface area (Å²) in [6, 6.07) is 0. The third-order valence-electron chi connectivity index (χ3n) is 2.04. The van der Waals surface area contributed by atoms with Crippen molar-refractivity contribution >= 4 is 5.84 Å². The van der Waals surface area contributed by atoms with Gasteiger partial charge < -0.3 is 14.9 Å². The minimum atomic E-state index is 0.335. The summed E-state index contributed by atoms with van der Waals surface area (Å²) in [5.41, 5.74) is 2.62. The average molecular weight is 187 g/mol. The fourth-order valence-electron chi connectivity index (χ4n) is 1.30. The van der Waals surface area contributed by atoms with Crippen LogP contribution in [0.25, 0.3) is 0 Å². The van der Waals surface area contributed by atoms with Gasteiger partial charge in [-0.15, -0.1) is 0 Å². The molecule has 0 radical (unpaired) electrons. The summed E-state index contributed by atoms with van der Waals surface area (Å²) < 4.78 is 10.1. The Morgan fingerprint density at radius 3 is 3.15 bits per heavy atom. The Morgan fingerprint density at radius 1 is 1.77 bits per heavy atom. The Balaban J connectivity index is 2.35. The predicted octanol–water partition coefficient (Wildman–Crippen LogP) is -0.469. The molecule has 13 heavy (non-hydrogen) atoms. The molecule has 0 aromatic heterocycles. The molecule has 0 aromatic rings. The molecule has 0 saturated carbocycles. The summed E-state index contributed by atoms with van der Waals surface area (Å²) in [7, 11) is 1.66. The zero-order valence-corrected chi connectivity index (χ0v) is 7.95. The molecule has 3 N–H and O–H groups in total. The molecule has 1 saturated heterocycles. The van der Waals surface area contributed by atoms with Crippen molar-refractivity contribution in [3.63, 3.8) is 0 Å². The van der Waals surface area contributed by atoms with Gasteiger partial charge in [-0.2, -0.15) is 0 Å². The molecule has 1 fully saturated rings. The molecule has 5 heteroatoms. The molecule has 1 atom stereocenters. The highest BCUT2D eigenvalue weighted by atomic mass is 16.5. The van der Waals surface area contributed by atoms with Crippen LogP contribution in [-0.2, 0) is 9.47 Å². The van der Waals surface area contributed by atoms with Crippen molar-refractivity contribution in [3.8, 4) is 0 Å². The fourth-order valence-corrected chi connectivity index (χ4v) is 1.30. The maximum absolute atomic E-state index is 5.36. The number of ether oxygens (including phenoxy) is 2. The first-order valence-electron chi connectivity index (χ1n) is 4.46. The van der Waals surface area contributed by atoms with Gasteiger partial charge in [0.05, 0.1) is 19.8 Å². The minimum absolute atomic E-state index is 0.335. The largest absolute Gasteiger partial charge is 0.383 e. The molecule has 5 nitrogen and oxygen atoms in total. The number of hydrogen-bond donors (Lipinski definition) is 2. The van der Waals surface area contributed by atoms with Gasteiger partial charge in [0, 0.05) is 19.6 Å². The molecule has 1 heterocycles. The number of rotatable bonds is 4. The number of amidine groups is 1. The monoisotopic (exact) mass is 187 g/mol. The van der Waals surface area contributed by atoms with Crippen LogP contribution in [0.3, 0.4) is 0 Å². The summed E-state index contributed by atoms with van der Waals surface area (Å²) in [6.45, 7) is 2.79. The van der Waals surface area contributed by atoms with E-state index in [0.717, 1.165) is 25.5 Å². The molecule has 1 unspecified atom stereocenters. The van der Waals surface area contributed by atoms with Gasteiger partial charge in [0.25, 0.3) is 0 Å². The van der Waals surface area contributed by atoms with E-state index in [0.29, 0.717) is 19.1 Å². The Labute approximate surface area is 78.3 Å². The van der Waals surface area contributed by atoms with E-state index in [2.05, 4.69) is 10.4 Å². The summed E-state index contributed by atoms with van der Waals surface area (Å²) >= 11 is 0. The molecule has 0 bridgehead atoms. The van der Waals surface area contributed by atoms with Gasteiger partial charge in [-0.25, -0.2) is 5.84 Å². The second-order valence-electron chi connectivity index (χ2n) is 2.96. The molecule has 0 aromatic carbocycles. The predicted molar refractivity (Wildman–Crippen MR) is 50.4 cm³/mol. The van der Waals surface area contributed by atoms with Crippen LogP contribution in [0.1, 0.15) is 6.42 Å². The van der Waals surface area contributed by atoms with Crippen LogP contribution in [0.2, 0.25) is 0 Å². The second-order valence-corrected chi connectivity index (χ2v) is 2.96. The van der Waals surface area contributed by atoms with Crippen LogP contribution in [0.15, 0.2) is 4.99 Å². The molecule has 1 aliphatic heterocycles. The molecule has 0 spiro atoms. The first-order valence-corrected chi connectivity index (χ1v) is 4.46. The lowest BCUT2D eigenvalue weighted by Gasteiger charge is -2.10. The zero-order valence-electron chi connectivity index (χ0n) is 7.95. The lowest BCUT2D eigenvalue weighted by Crippen LogP contribution is -2.36. The molecule has 0 amide bonds. The van der Waals surface area contributed by atoms with Crippen LogP contribution >= 0.6 is 0 Å². The number of nitrogens with two attached hydrogens (primary N) is 1.